The van der Waals surface area contributed by atoms with Crippen LogP contribution in [0.5, 0.6) is 0 Å². The van der Waals surface area contributed by atoms with Crippen LogP contribution < -0.4 is 0 Å². The number of carboxylic acid groups (broad SMARTS) is 1. The molecule has 1 heterocycles. The molecule has 1 aromatic carbocycles. The summed E-state index contributed by atoms with van der Waals surface area (Å²) in [5, 5.41) is 9.25. The summed E-state index contributed by atoms with van der Waals surface area (Å²) in [5.41, 5.74) is -1.39. The number of carboxylic acids is 1. The van der Waals surface area contributed by atoms with E-state index in [2.05, 4.69) is 0 Å². The third-order valence-corrected chi connectivity index (χ3v) is 5.00. The first-order chi connectivity index (χ1) is 11.2. The van der Waals surface area contributed by atoms with Gasteiger partial charge in [-0.25, -0.2) is 0 Å². The van der Waals surface area contributed by atoms with Crippen LogP contribution in [0.15, 0.2) is 18.2 Å². The second-order valence-corrected chi connectivity index (χ2v) is 7.40. The molecule has 0 radical (unpaired) electrons. The van der Waals surface area contributed by atoms with Crippen LogP contribution in [0.1, 0.15) is 56.6 Å². The Bertz CT molecular complexity index is 654. The van der Waals surface area contributed by atoms with Crippen LogP contribution in [-0.2, 0) is 20.3 Å². The van der Waals surface area contributed by atoms with Gasteiger partial charge < -0.3 is 14.4 Å². The molecule has 0 saturated carbocycles. The van der Waals surface area contributed by atoms with Gasteiger partial charge in [-0.1, -0.05) is 6.07 Å². The van der Waals surface area contributed by atoms with Crippen LogP contribution in [0.25, 0.3) is 0 Å². The van der Waals surface area contributed by atoms with Crippen molar-refractivity contribution < 1.29 is 32.4 Å². The van der Waals surface area contributed by atoms with Gasteiger partial charge in [0, 0.05) is 5.82 Å². The summed E-state index contributed by atoms with van der Waals surface area (Å²) in [6.07, 6.45) is -4.90. The first-order valence-electron chi connectivity index (χ1n) is 8.00. The Hall–Kier alpha value is -1.54. The van der Waals surface area contributed by atoms with E-state index in [1.165, 1.54) is 6.07 Å². The summed E-state index contributed by atoms with van der Waals surface area (Å²) < 4.78 is 51.0. The minimum absolute atomic E-state index is 0.274. The monoisotopic (exact) mass is 358 g/mol. The Labute approximate surface area is 145 Å². The third-order valence-electron chi connectivity index (χ3n) is 5.00. The first-order valence-corrected chi connectivity index (χ1v) is 8.00. The molecule has 1 atom stereocenters. The number of alkyl halides is 3. The van der Waals surface area contributed by atoms with Gasteiger partial charge in [-0.2, -0.15) is 13.2 Å². The maximum absolute atomic E-state index is 13.1. The molecular weight excluding hydrogens is 336 g/mol. The largest absolute Gasteiger partial charge is 0.481 e. The topological polar surface area (TPSA) is 55.8 Å². The number of rotatable bonds is 4. The van der Waals surface area contributed by atoms with Gasteiger partial charge in [0.1, 0.15) is 0 Å². The number of carbonyl (C=O) groups is 1. The molecule has 0 aliphatic carbocycles. The van der Waals surface area contributed by atoms with E-state index in [4.69, 9.17) is 9.31 Å². The molecule has 2 rings (SSSR count). The second-order valence-electron chi connectivity index (χ2n) is 7.40. The summed E-state index contributed by atoms with van der Waals surface area (Å²) in [6, 6.07) is 3.33. The minimum Gasteiger partial charge on any atom is -0.481 e. The van der Waals surface area contributed by atoms with E-state index in [-0.39, 0.29) is 12.0 Å². The van der Waals surface area contributed by atoms with Gasteiger partial charge in [-0.05, 0) is 57.9 Å². The number of hydrogen-bond donors (Lipinski definition) is 1. The highest BCUT2D eigenvalue weighted by molar-refractivity contribution is 6.48. The van der Waals surface area contributed by atoms with E-state index in [0.29, 0.717) is 5.56 Å². The number of aliphatic carboxylic acids is 1. The fraction of sp³-hybridized carbons (Fsp3) is 0.588. The van der Waals surface area contributed by atoms with Crippen molar-refractivity contribution in [2.24, 2.45) is 0 Å². The minimum atomic E-state index is -4.51. The molecule has 0 bridgehead atoms. The highest BCUT2D eigenvalue weighted by Crippen LogP contribution is 2.43. The van der Waals surface area contributed by atoms with Crippen LogP contribution in [0.3, 0.4) is 0 Å². The molecule has 1 aliphatic heterocycles. The molecule has 1 N–H and O–H groups in total. The highest BCUT2D eigenvalue weighted by atomic mass is 19.4. The Morgan fingerprint density at radius 2 is 1.72 bits per heavy atom. The Kier molecular flexibility index (Phi) is 5.00. The van der Waals surface area contributed by atoms with Crippen molar-refractivity contribution in [1.82, 2.24) is 0 Å². The number of halogens is 3. The Balaban J connectivity index is 2.48. The van der Waals surface area contributed by atoms with E-state index in [1.807, 2.05) is 27.7 Å². The van der Waals surface area contributed by atoms with E-state index >= 15 is 0 Å². The molecule has 1 aliphatic rings. The third kappa shape index (κ3) is 4.01. The lowest BCUT2D eigenvalue weighted by molar-refractivity contribution is -0.137. The van der Waals surface area contributed by atoms with E-state index in [1.54, 1.807) is 6.92 Å². The van der Waals surface area contributed by atoms with E-state index < -0.39 is 41.8 Å². The van der Waals surface area contributed by atoms with Gasteiger partial charge in [0.2, 0.25) is 0 Å². The molecule has 1 saturated heterocycles. The van der Waals surface area contributed by atoms with Crippen LogP contribution >= 0.6 is 0 Å². The zero-order valence-corrected chi connectivity index (χ0v) is 14.9. The van der Waals surface area contributed by atoms with Crippen LogP contribution in [0.2, 0.25) is 0 Å². The van der Waals surface area contributed by atoms with Gasteiger partial charge in [-0.3, -0.25) is 4.79 Å². The predicted molar refractivity (Wildman–Crippen MR) is 87.3 cm³/mol. The van der Waals surface area contributed by atoms with E-state index in [0.717, 1.165) is 12.1 Å². The molecule has 0 spiro atoms. The maximum atomic E-state index is 13.1. The lowest BCUT2D eigenvalue weighted by Crippen LogP contribution is -2.41. The molecule has 1 aromatic rings. The number of aryl methyl sites for hydroxylation is 1. The van der Waals surface area contributed by atoms with Crippen molar-refractivity contribution in [2.45, 2.75) is 64.2 Å². The predicted octanol–water partition coefficient (Wildman–Crippen LogP) is 4.20. The van der Waals surface area contributed by atoms with Crippen LogP contribution in [-0.4, -0.2) is 29.4 Å². The van der Waals surface area contributed by atoms with Gasteiger partial charge in [-0.15, -0.1) is 0 Å². The molecule has 138 valence electrons. The fourth-order valence-electron chi connectivity index (χ4n) is 2.81. The molecule has 4 nitrogen and oxygen atoms in total. The lowest BCUT2D eigenvalue weighted by Gasteiger charge is -2.32. The molecular formula is C17H22BF3O4. The summed E-state index contributed by atoms with van der Waals surface area (Å²) in [5.74, 6) is -1.97. The van der Waals surface area contributed by atoms with Crippen LogP contribution in [0.4, 0.5) is 13.2 Å². The number of hydrogen-bond acceptors (Lipinski definition) is 3. The smallest absolute Gasteiger partial charge is 0.466 e. The average molecular weight is 358 g/mol. The molecule has 0 amide bonds. The zero-order valence-electron chi connectivity index (χ0n) is 14.9. The summed E-state index contributed by atoms with van der Waals surface area (Å²) in [6.45, 7) is 8.89. The van der Waals surface area contributed by atoms with Crippen molar-refractivity contribution in [3.63, 3.8) is 0 Å². The van der Waals surface area contributed by atoms with Crippen molar-refractivity contribution in [3.05, 3.63) is 34.9 Å². The summed E-state index contributed by atoms with van der Waals surface area (Å²) in [4.78, 5) is 11.3. The maximum Gasteiger partial charge on any atom is 0.466 e. The van der Waals surface area contributed by atoms with Gasteiger partial charge in [0.25, 0.3) is 0 Å². The SMILES string of the molecule is Cc1ccc(C(F)(F)F)cc1C(CC(=O)O)B1OC(C)(C)C(C)(C)O1. The summed E-state index contributed by atoms with van der Waals surface area (Å²) in [7, 11) is -0.941. The number of benzene rings is 1. The standard InChI is InChI=1S/C17H22BF3O4/c1-10-6-7-11(17(19,20)21)8-12(10)13(9-14(22)23)18-24-15(2,3)16(4,5)25-18/h6-8,13H,9H2,1-5H3,(H,22,23). The average Bonchev–Trinajstić information content (AvgIpc) is 2.64. The Morgan fingerprint density at radius 1 is 1.20 bits per heavy atom. The van der Waals surface area contributed by atoms with Gasteiger partial charge >= 0.3 is 19.3 Å². The van der Waals surface area contributed by atoms with Crippen LogP contribution in [0, 0.1) is 6.92 Å². The first kappa shape index (κ1) is 19.8. The summed E-state index contributed by atoms with van der Waals surface area (Å²) >= 11 is 0. The Morgan fingerprint density at radius 3 is 2.16 bits per heavy atom. The van der Waals surface area contributed by atoms with Crippen molar-refractivity contribution >= 4 is 13.1 Å². The van der Waals surface area contributed by atoms with Crippen molar-refractivity contribution in [1.29, 1.82) is 0 Å². The van der Waals surface area contributed by atoms with Crippen molar-refractivity contribution in [2.75, 3.05) is 0 Å². The fourth-order valence-corrected chi connectivity index (χ4v) is 2.81. The quantitative estimate of drug-likeness (QED) is 0.820. The zero-order chi connectivity index (χ0) is 19.2. The molecule has 1 fully saturated rings. The van der Waals surface area contributed by atoms with E-state index in [9.17, 15) is 23.1 Å². The van der Waals surface area contributed by atoms with Gasteiger partial charge in [0.05, 0.1) is 23.2 Å². The molecule has 25 heavy (non-hydrogen) atoms. The molecule has 8 heteroatoms. The normalized spacial score (nSPS) is 20.6. The second kappa shape index (κ2) is 6.32. The molecule has 1 unspecified atom stereocenters. The highest BCUT2D eigenvalue weighted by Gasteiger charge is 2.54. The van der Waals surface area contributed by atoms with Crippen molar-refractivity contribution in [3.8, 4) is 0 Å². The van der Waals surface area contributed by atoms with Gasteiger partial charge in [0.15, 0.2) is 0 Å². The lowest BCUT2D eigenvalue weighted by atomic mass is 9.65. The molecule has 0 aromatic heterocycles.